The van der Waals surface area contributed by atoms with E-state index in [-0.39, 0.29) is 24.8 Å². The van der Waals surface area contributed by atoms with E-state index in [1.54, 1.807) is 0 Å². The van der Waals surface area contributed by atoms with E-state index in [1.165, 1.54) is 18.3 Å². The minimum Gasteiger partial charge on any atom is -0.459 e. The van der Waals surface area contributed by atoms with E-state index in [0.29, 0.717) is 17.0 Å². The van der Waals surface area contributed by atoms with Crippen LogP contribution in [0.4, 0.5) is 18.2 Å². The number of hydrogen-bond donors (Lipinski definition) is 1. The van der Waals surface area contributed by atoms with Crippen molar-refractivity contribution in [1.29, 1.82) is 0 Å². The fourth-order valence-electron chi connectivity index (χ4n) is 3.51. The molecule has 0 saturated heterocycles. The minimum atomic E-state index is -4.67. The second kappa shape index (κ2) is 9.82. The van der Waals surface area contributed by atoms with Crippen molar-refractivity contribution < 1.29 is 27.5 Å². The molecule has 0 bridgehead atoms. The largest absolute Gasteiger partial charge is 0.459 e. The number of aryl methyl sites for hydroxylation is 2. The van der Waals surface area contributed by atoms with Crippen LogP contribution >= 0.6 is 22.9 Å². The summed E-state index contributed by atoms with van der Waals surface area (Å²) in [5, 5.41) is 6.23. The molecule has 0 saturated carbocycles. The Kier molecular flexibility index (Phi) is 7.54. The summed E-state index contributed by atoms with van der Waals surface area (Å²) in [6, 6.07) is 0. The van der Waals surface area contributed by atoms with Gasteiger partial charge in [-0.15, -0.1) is 11.3 Å². The Hall–Kier alpha value is -2.07. The average Bonchev–Trinajstić information content (AvgIpc) is 3.23. The highest BCUT2D eigenvalue weighted by molar-refractivity contribution is 7.17. The lowest BCUT2D eigenvalue weighted by Crippen LogP contribution is -2.20. The summed E-state index contributed by atoms with van der Waals surface area (Å²) >= 11 is 7.12. The van der Waals surface area contributed by atoms with Crippen molar-refractivity contribution in [2.45, 2.75) is 78.1 Å². The van der Waals surface area contributed by atoms with Crippen LogP contribution in [0.3, 0.4) is 0 Å². The molecular formula is C21H25ClF3N3O3S. The van der Waals surface area contributed by atoms with E-state index in [0.717, 1.165) is 40.8 Å². The zero-order chi connectivity index (χ0) is 23.6. The number of esters is 1. The fourth-order valence-corrected chi connectivity index (χ4v) is 5.05. The third-order valence-electron chi connectivity index (χ3n) is 5.46. The van der Waals surface area contributed by atoms with Gasteiger partial charge in [-0.2, -0.15) is 18.3 Å². The van der Waals surface area contributed by atoms with Crippen molar-refractivity contribution in [3.63, 3.8) is 0 Å². The summed E-state index contributed by atoms with van der Waals surface area (Å²) in [4.78, 5) is 26.5. The molecule has 2 aromatic heterocycles. The van der Waals surface area contributed by atoms with E-state index in [9.17, 15) is 22.8 Å². The molecule has 0 aliphatic heterocycles. The van der Waals surface area contributed by atoms with Gasteiger partial charge < -0.3 is 10.1 Å². The van der Waals surface area contributed by atoms with Gasteiger partial charge in [0.05, 0.1) is 28.9 Å². The van der Waals surface area contributed by atoms with Crippen LogP contribution in [-0.2, 0) is 35.1 Å². The molecule has 3 rings (SSSR count). The van der Waals surface area contributed by atoms with Crippen LogP contribution < -0.4 is 5.32 Å². The number of anilines is 1. The maximum absolute atomic E-state index is 13.0. The summed E-state index contributed by atoms with van der Waals surface area (Å²) in [5.74, 6) is -0.890. The lowest BCUT2D eigenvalue weighted by Gasteiger charge is -2.15. The zero-order valence-electron chi connectivity index (χ0n) is 18.1. The van der Waals surface area contributed by atoms with E-state index >= 15 is 0 Å². The third kappa shape index (κ3) is 5.28. The molecule has 1 amide bonds. The predicted octanol–water partition coefficient (Wildman–Crippen LogP) is 5.79. The van der Waals surface area contributed by atoms with Crippen molar-refractivity contribution in [3.8, 4) is 0 Å². The number of carbonyl (C=O) groups excluding carboxylic acids is 2. The number of halogens is 4. The number of ether oxygens (including phenoxy) is 1. The lowest BCUT2D eigenvalue weighted by atomic mass is 9.95. The number of amides is 1. The lowest BCUT2D eigenvalue weighted by molar-refractivity contribution is -0.141. The molecule has 11 heteroatoms. The fraction of sp³-hybridized carbons (Fsp3) is 0.571. The van der Waals surface area contributed by atoms with E-state index in [2.05, 4.69) is 10.4 Å². The minimum absolute atomic E-state index is 0.0782. The van der Waals surface area contributed by atoms with Crippen LogP contribution in [0, 0.1) is 6.92 Å². The molecule has 0 fully saturated rings. The Balaban J connectivity index is 1.75. The Morgan fingerprint density at radius 2 is 2.00 bits per heavy atom. The molecule has 6 nitrogen and oxygen atoms in total. The van der Waals surface area contributed by atoms with Crippen LogP contribution in [0.15, 0.2) is 0 Å². The Labute approximate surface area is 193 Å². The van der Waals surface area contributed by atoms with Crippen molar-refractivity contribution in [2.75, 3.05) is 5.32 Å². The van der Waals surface area contributed by atoms with Gasteiger partial charge in [-0.3, -0.25) is 9.48 Å². The predicted molar refractivity (Wildman–Crippen MR) is 116 cm³/mol. The highest BCUT2D eigenvalue weighted by Gasteiger charge is 2.38. The van der Waals surface area contributed by atoms with Crippen LogP contribution in [0.2, 0.25) is 5.02 Å². The summed E-state index contributed by atoms with van der Waals surface area (Å²) in [6.07, 6.45) is -0.813. The first-order valence-electron chi connectivity index (χ1n) is 10.5. The van der Waals surface area contributed by atoms with Gasteiger partial charge in [-0.05, 0) is 51.5 Å². The summed E-state index contributed by atoms with van der Waals surface area (Å²) in [7, 11) is 0. The topological polar surface area (TPSA) is 73.2 Å². The number of thiophene rings is 1. The third-order valence-corrected chi connectivity index (χ3v) is 7.12. The number of alkyl halides is 3. The smallest absolute Gasteiger partial charge is 0.436 e. The van der Waals surface area contributed by atoms with Crippen LogP contribution in [0.5, 0.6) is 0 Å². The molecule has 1 aliphatic carbocycles. The van der Waals surface area contributed by atoms with Gasteiger partial charge in [-0.25, -0.2) is 4.79 Å². The number of nitrogens with one attached hydrogen (secondary N) is 1. The number of fused-ring (bicyclic) bond motifs is 1. The first-order valence-corrected chi connectivity index (χ1v) is 11.7. The first-order chi connectivity index (χ1) is 15.0. The van der Waals surface area contributed by atoms with Crippen LogP contribution in [0.1, 0.15) is 71.7 Å². The maximum atomic E-state index is 13.0. The Morgan fingerprint density at radius 3 is 2.62 bits per heavy atom. The van der Waals surface area contributed by atoms with E-state index in [4.69, 9.17) is 16.3 Å². The van der Waals surface area contributed by atoms with Crippen LogP contribution in [0.25, 0.3) is 0 Å². The van der Waals surface area contributed by atoms with Gasteiger partial charge in [0.15, 0.2) is 5.69 Å². The molecule has 32 heavy (non-hydrogen) atoms. The molecule has 2 heterocycles. The Morgan fingerprint density at radius 1 is 1.31 bits per heavy atom. The molecular weight excluding hydrogens is 467 g/mol. The highest BCUT2D eigenvalue weighted by Crippen LogP contribution is 2.39. The van der Waals surface area contributed by atoms with Gasteiger partial charge in [-0.1, -0.05) is 18.5 Å². The molecule has 176 valence electrons. The van der Waals surface area contributed by atoms with Crippen molar-refractivity contribution in [1.82, 2.24) is 9.78 Å². The molecule has 1 unspecified atom stereocenters. The molecule has 0 aromatic carbocycles. The Bertz CT molecular complexity index is 1020. The normalized spacial score (nSPS) is 14.7. The maximum Gasteiger partial charge on any atom is 0.436 e. The van der Waals surface area contributed by atoms with Gasteiger partial charge in [0.2, 0.25) is 5.91 Å². The van der Waals surface area contributed by atoms with Gasteiger partial charge >= 0.3 is 12.1 Å². The highest BCUT2D eigenvalue weighted by atomic mass is 35.5. The van der Waals surface area contributed by atoms with Gasteiger partial charge in [0.1, 0.15) is 5.00 Å². The number of nitrogens with zero attached hydrogens (tertiary/aromatic N) is 2. The summed E-state index contributed by atoms with van der Waals surface area (Å²) in [6.45, 7) is 5.06. The molecule has 2 aromatic rings. The molecule has 0 radical (unpaired) electrons. The first kappa shape index (κ1) is 24.6. The summed E-state index contributed by atoms with van der Waals surface area (Å²) < 4.78 is 45.6. The van der Waals surface area contributed by atoms with Crippen molar-refractivity contribution >= 4 is 39.8 Å². The van der Waals surface area contributed by atoms with E-state index < -0.39 is 28.8 Å². The molecule has 1 aliphatic rings. The van der Waals surface area contributed by atoms with Crippen LogP contribution in [-0.4, -0.2) is 27.8 Å². The van der Waals surface area contributed by atoms with Gasteiger partial charge in [0.25, 0.3) is 0 Å². The molecule has 0 spiro atoms. The average molecular weight is 492 g/mol. The standard InChI is InChI=1S/C21H25ClF3N3O3S/c1-4-11(2)31-20(30)16-13-7-5-6-8-14(13)32-19(16)26-15(29)9-10-28-12(3)17(22)18(27-28)21(23,24)25/h11H,4-10H2,1-3H3,(H,26,29). The number of rotatable bonds is 7. The number of aromatic nitrogens is 2. The number of carbonyl (C=O) groups is 2. The second-order valence-corrected chi connectivity index (χ2v) is 9.29. The SMILES string of the molecule is CCC(C)OC(=O)c1c(NC(=O)CCn2nc(C(F)(F)F)c(Cl)c2C)sc2c1CCCC2. The van der Waals surface area contributed by atoms with Crippen molar-refractivity contribution in [2.24, 2.45) is 0 Å². The number of hydrogen-bond acceptors (Lipinski definition) is 5. The monoisotopic (exact) mass is 491 g/mol. The molecule has 1 N–H and O–H groups in total. The van der Waals surface area contributed by atoms with Crippen molar-refractivity contribution in [3.05, 3.63) is 32.4 Å². The quantitative estimate of drug-likeness (QED) is 0.498. The van der Waals surface area contributed by atoms with E-state index in [1.807, 2.05) is 13.8 Å². The van der Waals surface area contributed by atoms with Gasteiger partial charge in [0, 0.05) is 11.3 Å². The second-order valence-electron chi connectivity index (χ2n) is 7.81. The molecule has 1 atom stereocenters. The summed E-state index contributed by atoms with van der Waals surface area (Å²) in [5.41, 5.74) is 0.291. The zero-order valence-corrected chi connectivity index (χ0v) is 19.6.